The third-order valence-corrected chi connectivity index (χ3v) is 4.89. The average molecular weight is 437 g/mol. The van der Waals surface area contributed by atoms with Crippen molar-refractivity contribution in [3.05, 3.63) is 131 Å². The Hall–Kier alpha value is -4.38. The van der Waals surface area contributed by atoms with Crippen LogP contribution >= 0.6 is 0 Å². The number of carbonyl (C=O) groups is 1. The van der Waals surface area contributed by atoms with Gasteiger partial charge in [-0.15, -0.1) is 0 Å². The van der Waals surface area contributed by atoms with Gasteiger partial charge in [0.15, 0.2) is 0 Å². The predicted molar refractivity (Wildman–Crippen MR) is 129 cm³/mol. The highest BCUT2D eigenvalue weighted by molar-refractivity contribution is 5.95. The molecule has 0 bridgehead atoms. The van der Waals surface area contributed by atoms with Gasteiger partial charge in [0, 0.05) is 11.1 Å². The molecule has 5 nitrogen and oxygen atoms in total. The lowest BCUT2D eigenvalue weighted by Gasteiger charge is -2.09. The number of carbonyl (C=O) groups excluding carboxylic acids is 1. The molecule has 0 atom stereocenters. The largest absolute Gasteiger partial charge is 0.489 e. The molecule has 0 aromatic heterocycles. The van der Waals surface area contributed by atoms with E-state index in [0.29, 0.717) is 30.3 Å². The summed E-state index contributed by atoms with van der Waals surface area (Å²) in [4.78, 5) is 12.4. The number of hydrazone groups is 1. The van der Waals surface area contributed by atoms with Gasteiger partial charge in [-0.2, -0.15) is 5.10 Å². The SMILES string of the molecule is O=C(N/N=C/c1ccccc1OCc1ccccc1)c1ccc(OCc2ccccc2)cc1. The molecule has 164 valence electrons. The summed E-state index contributed by atoms with van der Waals surface area (Å²) in [5.74, 6) is 1.09. The minimum absolute atomic E-state index is 0.302. The number of para-hydroxylation sites is 1. The molecule has 0 spiro atoms. The highest BCUT2D eigenvalue weighted by atomic mass is 16.5. The van der Waals surface area contributed by atoms with Crippen molar-refractivity contribution in [2.24, 2.45) is 5.10 Å². The van der Waals surface area contributed by atoms with Gasteiger partial charge in [-0.25, -0.2) is 5.43 Å². The Morgan fingerprint density at radius 2 is 1.27 bits per heavy atom. The van der Waals surface area contributed by atoms with E-state index in [2.05, 4.69) is 10.5 Å². The predicted octanol–water partition coefficient (Wildman–Crippen LogP) is 5.61. The molecule has 0 saturated carbocycles. The molecule has 5 heteroatoms. The third kappa shape index (κ3) is 6.55. The Labute approximate surface area is 193 Å². The van der Waals surface area contributed by atoms with Crippen LogP contribution in [0.1, 0.15) is 27.0 Å². The summed E-state index contributed by atoms with van der Waals surface area (Å²) in [6.07, 6.45) is 1.58. The number of rotatable bonds is 9. The van der Waals surface area contributed by atoms with E-state index in [1.807, 2.05) is 84.9 Å². The van der Waals surface area contributed by atoms with E-state index in [1.54, 1.807) is 30.5 Å². The van der Waals surface area contributed by atoms with Crippen LogP contribution in [0.4, 0.5) is 0 Å². The van der Waals surface area contributed by atoms with Crippen LogP contribution in [0, 0.1) is 0 Å². The Balaban J connectivity index is 1.31. The van der Waals surface area contributed by atoms with Crippen molar-refractivity contribution >= 4 is 12.1 Å². The lowest BCUT2D eigenvalue weighted by atomic mass is 10.2. The normalized spacial score (nSPS) is 10.7. The zero-order valence-corrected chi connectivity index (χ0v) is 18.1. The standard InChI is InChI=1S/C28H24N2O3/c31-28(24-15-17-26(18-16-24)32-20-22-9-3-1-4-10-22)30-29-19-25-13-7-8-14-27(25)33-21-23-11-5-2-6-12-23/h1-19H,20-21H2,(H,30,31)/b29-19+. The molecular formula is C28H24N2O3. The summed E-state index contributed by atoms with van der Waals surface area (Å²) in [7, 11) is 0. The van der Waals surface area contributed by atoms with Crippen LogP contribution in [0.25, 0.3) is 0 Å². The summed E-state index contributed by atoms with van der Waals surface area (Å²) < 4.78 is 11.7. The van der Waals surface area contributed by atoms with Gasteiger partial charge >= 0.3 is 0 Å². The van der Waals surface area contributed by atoms with Gasteiger partial charge in [-0.1, -0.05) is 72.8 Å². The lowest BCUT2D eigenvalue weighted by molar-refractivity contribution is 0.0955. The maximum absolute atomic E-state index is 12.4. The third-order valence-electron chi connectivity index (χ3n) is 4.89. The molecule has 4 aromatic rings. The molecule has 1 amide bonds. The first-order chi connectivity index (χ1) is 16.3. The van der Waals surface area contributed by atoms with Crippen LogP contribution in [0.3, 0.4) is 0 Å². The van der Waals surface area contributed by atoms with Gasteiger partial charge in [0.05, 0.1) is 6.21 Å². The Kier molecular flexibility index (Phi) is 7.48. The second-order valence-corrected chi connectivity index (χ2v) is 7.31. The summed E-state index contributed by atoms with van der Waals surface area (Å²) in [6, 6.07) is 34.4. The molecule has 0 saturated heterocycles. The van der Waals surface area contributed by atoms with E-state index in [4.69, 9.17) is 9.47 Å². The molecule has 0 radical (unpaired) electrons. The van der Waals surface area contributed by atoms with E-state index in [1.165, 1.54) is 0 Å². The molecule has 0 aliphatic carbocycles. The Bertz CT molecular complexity index is 1190. The number of benzene rings is 4. The van der Waals surface area contributed by atoms with Gasteiger partial charge in [-0.05, 0) is 47.5 Å². The van der Waals surface area contributed by atoms with Crippen LogP contribution < -0.4 is 14.9 Å². The van der Waals surface area contributed by atoms with Crippen LogP contribution in [0.2, 0.25) is 0 Å². The Morgan fingerprint density at radius 3 is 1.94 bits per heavy atom. The van der Waals surface area contributed by atoms with E-state index < -0.39 is 0 Å². The van der Waals surface area contributed by atoms with Crippen LogP contribution in [-0.2, 0) is 13.2 Å². The number of hydrogen-bond donors (Lipinski definition) is 1. The highest BCUT2D eigenvalue weighted by Gasteiger charge is 2.06. The van der Waals surface area contributed by atoms with E-state index in [-0.39, 0.29) is 5.91 Å². The van der Waals surface area contributed by atoms with Gasteiger partial charge in [0.1, 0.15) is 24.7 Å². The minimum Gasteiger partial charge on any atom is -0.489 e. The summed E-state index contributed by atoms with van der Waals surface area (Å²) in [6.45, 7) is 0.930. The van der Waals surface area contributed by atoms with Gasteiger partial charge < -0.3 is 9.47 Å². The molecule has 4 aromatic carbocycles. The van der Waals surface area contributed by atoms with E-state index in [0.717, 1.165) is 16.7 Å². The Morgan fingerprint density at radius 1 is 0.697 bits per heavy atom. The molecule has 4 rings (SSSR count). The fourth-order valence-corrected chi connectivity index (χ4v) is 3.12. The first-order valence-electron chi connectivity index (χ1n) is 10.6. The molecule has 0 unspecified atom stereocenters. The smallest absolute Gasteiger partial charge is 0.271 e. The molecular weight excluding hydrogens is 412 g/mol. The number of hydrogen-bond acceptors (Lipinski definition) is 4. The summed E-state index contributed by atoms with van der Waals surface area (Å²) in [5, 5.41) is 4.10. The maximum atomic E-state index is 12.4. The van der Waals surface area contributed by atoms with Crippen LogP contribution in [-0.4, -0.2) is 12.1 Å². The number of amides is 1. The molecule has 0 fully saturated rings. The van der Waals surface area contributed by atoms with E-state index in [9.17, 15) is 4.79 Å². The second-order valence-electron chi connectivity index (χ2n) is 7.31. The molecule has 33 heavy (non-hydrogen) atoms. The van der Waals surface area contributed by atoms with Gasteiger partial charge in [0.25, 0.3) is 5.91 Å². The fraction of sp³-hybridized carbons (Fsp3) is 0.0714. The van der Waals surface area contributed by atoms with Crippen molar-refractivity contribution in [2.75, 3.05) is 0 Å². The summed E-state index contributed by atoms with van der Waals surface area (Å²) in [5.41, 5.74) is 5.99. The number of ether oxygens (including phenoxy) is 2. The monoisotopic (exact) mass is 436 g/mol. The zero-order chi connectivity index (χ0) is 22.7. The first-order valence-corrected chi connectivity index (χ1v) is 10.6. The topological polar surface area (TPSA) is 59.9 Å². The van der Waals surface area contributed by atoms with Crippen molar-refractivity contribution in [2.45, 2.75) is 13.2 Å². The van der Waals surface area contributed by atoms with Crippen molar-refractivity contribution in [3.63, 3.8) is 0 Å². The first kappa shape index (κ1) is 21.8. The molecule has 1 N–H and O–H groups in total. The maximum Gasteiger partial charge on any atom is 0.271 e. The van der Waals surface area contributed by atoms with Crippen LogP contribution in [0.15, 0.2) is 114 Å². The fourth-order valence-electron chi connectivity index (χ4n) is 3.12. The molecule has 0 aliphatic heterocycles. The molecule has 0 aliphatic rings. The van der Waals surface area contributed by atoms with Gasteiger partial charge in [-0.3, -0.25) is 4.79 Å². The van der Waals surface area contributed by atoms with Crippen molar-refractivity contribution in [1.82, 2.24) is 5.43 Å². The lowest BCUT2D eigenvalue weighted by Crippen LogP contribution is -2.17. The van der Waals surface area contributed by atoms with Crippen molar-refractivity contribution in [3.8, 4) is 11.5 Å². The van der Waals surface area contributed by atoms with Gasteiger partial charge in [0.2, 0.25) is 0 Å². The second kappa shape index (κ2) is 11.3. The average Bonchev–Trinajstić information content (AvgIpc) is 2.88. The van der Waals surface area contributed by atoms with Crippen molar-refractivity contribution in [1.29, 1.82) is 0 Å². The molecule has 0 heterocycles. The summed E-state index contributed by atoms with van der Waals surface area (Å²) >= 11 is 0. The van der Waals surface area contributed by atoms with Crippen molar-refractivity contribution < 1.29 is 14.3 Å². The minimum atomic E-state index is -0.302. The highest BCUT2D eigenvalue weighted by Crippen LogP contribution is 2.18. The number of nitrogens with zero attached hydrogens (tertiary/aromatic N) is 1. The van der Waals surface area contributed by atoms with E-state index >= 15 is 0 Å². The van der Waals surface area contributed by atoms with Crippen LogP contribution in [0.5, 0.6) is 11.5 Å². The number of nitrogens with one attached hydrogen (secondary N) is 1. The zero-order valence-electron chi connectivity index (χ0n) is 18.1. The quantitative estimate of drug-likeness (QED) is 0.274.